The average molecular weight is 279 g/mol. The molecule has 0 saturated carbocycles. The summed E-state index contributed by atoms with van der Waals surface area (Å²) >= 11 is 0. The van der Waals surface area contributed by atoms with E-state index in [0.29, 0.717) is 30.4 Å². The van der Waals surface area contributed by atoms with E-state index in [4.69, 9.17) is 14.2 Å². The molecule has 1 aromatic carbocycles. The summed E-state index contributed by atoms with van der Waals surface area (Å²) < 4.78 is 16.5. The van der Waals surface area contributed by atoms with E-state index >= 15 is 0 Å². The zero-order valence-corrected chi connectivity index (χ0v) is 12.2. The number of amides is 1. The van der Waals surface area contributed by atoms with Crippen LogP contribution in [0.2, 0.25) is 0 Å². The molecule has 2 rings (SSSR count). The number of rotatable bonds is 3. The van der Waals surface area contributed by atoms with Crippen molar-refractivity contribution in [2.45, 2.75) is 32.8 Å². The molecule has 0 aliphatic carbocycles. The fraction of sp³-hybridized carbons (Fsp3) is 0.533. The van der Waals surface area contributed by atoms with Crippen LogP contribution in [-0.2, 0) is 9.53 Å². The summed E-state index contributed by atoms with van der Waals surface area (Å²) in [7, 11) is 0. The van der Waals surface area contributed by atoms with Gasteiger partial charge in [-0.15, -0.1) is 0 Å². The van der Waals surface area contributed by atoms with Gasteiger partial charge in [0.25, 0.3) is 0 Å². The fourth-order valence-corrected chi connectivity index (χ4v) is 1.72. The summed E-state index contributed by atoms with van der Waals surface area (Å²) in [5.41, 5.74) is 0.346. The maximum Gasteiger partial charge on any atom is 0.250 e. The maximum atomic E-state index is 11.8. The number of carbonyl (C=O) groups excluding carboxylic acids is 1. The minimum atomic E-state index is -0.331. The highest BCUT2D eigenvalue weighted by Gasteiger charge is 2.14. The Kier molecular flexibility index (Phi) is 4.49. The molecule has 20 heavy (non-hydrogen) atoms. The summed E-state index contributed by atoms with van der Waals surface area (Å²) in [4.78, 5) is 11.8. The summed E-state index contributed by atoms with van der Waals surface area (Å²) in [6.07, 6.45) is 0.857. The summed E-state index contributed by atoms with van der Waals surface area (Å²) in [5.74, 6) is 1.19. The van der Waals surface area contributed by atoms with E-state index in [1.54, 1.807) is 18.2 Å². The summed E-state index contributed by atoms with van der Waals surface area (Å²) in [5, 5.41) is 2.79. The summed E-state index contributed by atoms with van der Waals surface area (Å²) in [6.45, 7) is 7.03. The number of anilines is 1. The number of nitrogens with one attached hydrogen (secondary N) is 1. The molecule has 1 aliphatic rings. The van der Waals surface area contributed by atoms with Crippen LogP contribution in [0.25, 0.3) is 0 Å². The van der Waals surface area contributed by atoms with Crippen molar-refractivity contribution >= 4 is 11.6 Å². The second-order valence-corrected chi connectivity index (χ2v) is 5.66. The lowest BCUT2D eigenvalue weighted by Gasteiger charge is -2.19. The van der Waals surface area contributed by atoms with Gasteiger partial charge in [-0.25, -0.2) is 0 Å². The summed E-state index contributed by atoms with van der Waals surface area (Å²) in [6, 6.07) is 5.37. The molecule has 1 aromatic rings. The van der Waals surface area contributed by atoms with E-state index in [9.17, 15) is 4.79 Å². The number of carbonyl (C=O) groups is 1. The third-order valence-corrected chi connectivity index (χ3v) is 2.67. The van der Waals surface area contributed by atoms with E-state index in [1.165, 1.54) is 0 Å². The van der Waals surface area contributed by atoms with Gasteiger partial charge in [0.15, 0.2) is 11.5 Å². The molecule has 1 amide bonds. The second-order valence-electron chi connectivity index (χ2n) is 5.66. The van der Waals surface area contributed by atoms with Crippen LogP contribution in [0.3, 0.4) is 0 Å². The molecule has 5 nitrogen and oxygen atoms in total. The number of fused-ring (bicyclic) bond motifs is 1. The molecule has 0 saturated heterocycles. The lowest BCUT2D eigenvalue weighted by Crippen LogP contribution is -2.27. The van der Waals surface area contributed by atoms with Gasteiger partial charge in [-0.2, -0.15) is 0 Å². The molecule has 0 fully saturated rings. The lowest BCUT2D eigenvalue weighted by molar-refractivity contribution is -0.125. The van der Waals surface area contributed by atoms with Crippen LogP contribution in [0.1, 0.15) is 27.2 Å². The van der Waals surface area contributed by atoms with Crippen LogP contribution in [0.4, 0.5) is 5.69 Å². The highest BCUT2D eigenvalue weighted by Crippen LogP contribution is 2.32. The van der Waals surface area contributed by atoms with Crippen LogP contribution < -0.4 is 14.8 Å². The van der Waals surface area contributed by atoms with Crippen LogP contribution in [0, 0.1) is 0 Å². The quantitative estimate of drug-likeness (QED) is 0.924. The van der Waals surface area contributed by atoms with Gasteiger partial charge >= 0.3 is 0 Å². The Hall–Kier alpha value is -1.75. The first-order valence-corrected chi connectivity index (χ1v) is 6.77. The van der Waals surface area contributed by atoms with Gasteiger partial charge in [0.05, 0.1) is 18.8 Å². The Balaban J connectivity index is 1.96. The van der Waals surface area contributed by atoms with E-state index in [2.05, 4.69) is 5.32 Å². The van der Waals surface area contributed by atoms with E-state index in [1.807, 2.05) is 20.8 Å². The van der Waals surface area contributed by atoms with Crippen LogP contribution in [0.15, 0.2) is 18.2 Å². The smallest absolute Gasteiger partial charge is 0.250 e. The minimum Gasteiger partial charge on any atom is -0.490 e. The van der Waals surface area contributed by atoms with Crippen molar-refractivity contribution in [3.05, 3.63) is 18.2 Å². The first kappa shape index (κ1) is 14.7. The average Bonchev–Trinajstić information content (AvgIpc) is 2.60. The molecule has 0 spiro atoms. The number of ether oxygens (including phenoxy) is 3. The lowest BCUT2D eigenvalue weighted by atomic mass is 10.2. The van der Waals surface area contributed by atoms with Gasteiger partial charge in [-0.3, -0.25) is 4.79 Å². The zero-order valence-electron chi connectivity index (χ0n) is 12.2. The van der Waals surface area contributed by atoms with Crippen molar-refractivity contribution in [3.63, 3.8) is 0 Å². The normalized spacial score (nSPS) is 14.6. The van der Waals surface area contributed by atoms with Crippen LogP contribution in [-0.4, -0.2) is 31.3 Å². The van der Waals surface area contributed by atoms with Crippen LogP contribution in [0.5, 0.6) is 11.5 Å². The molecule has 110 valence electrons. The van der Waals surface area contributed by atoms with E-state index < -0.39 is 0 Å². The first-order valence-electron chi connectivity index (χ1n) is 6.77. The topological polar surface area (TPSA) is 56.8 Å². The van der Waals surface area contributed by atoms with Crippen molar-refractivity contribution in [1.29, 1.82) is 0 Å². The molecule has 0 bridgehead atoms. The Labute approximate surface area is 119 Å². The predicted molar refractivity (Wildman–Crippen MR) is 76.4 cm³/mol. The van der Waals surface area contributed by atoms with E-state index in [0.717, 1.165) is 6.42 Å². The van der Waals surface area contributed by atoms with Gasteiger partial charge in [-0.05, 0) is 32.9 Å². The van der Waals surface area contributed by atoms with Gasteiger partial charge < -0.3 is 19.5 Å². The van der Waals surface area contributed by atoms with E-state index in [-0.39, 0.29) is 18.1 Å². The van der Waals surface area contributed by atoms with Crippen molar-refractivity contribution in [1.82, 2.24) is 0 Å². The Bertz CT molecular complexity index is 479. The van der Waals surface area contributed by atoms with Gasteiger partial charge in [0.1, 0.15) is 6.61 Å². The molecule has 0 unspecified atom stereocenters. The third kappa shape index (κ3) is 4.42. The Morgan fingerprint density at radius 3 is 2.65 bits per heavy atom. The Morgan fingerprint density at radius 1 is 1.25 bits per heavy atom. The van der Waals surface area contributed by atoms with Crippen molar-refractivity contribution in [2.24, 2.45) is 0 Å². The standard InChI is InChI=1S/C15H21NO4/c1-15(2,3)20-10-14(17)16-11-5-6-12-13(9-11)19-8-4-7-18-12/h5-6,9H,4,7-8,10H2,1-3H3,(H,16,17). The highest BCUT2D eigenvalue weighted by atomic mass is 16.5. The molecular weight excluding hydrogens is 258 g/mol. The van der Waals surface area contributed by atoms with Gasteiger partial charge in [-0.1, -0.05) is 0 Å². The zero-order chi connectivity index (χ0) is 14.6. The molecule has 1 N–H and O–H groups in total. The van der Waals surface area contributed by atoms with Crippen molar-refractivity contribution in [2.75, 3.05) is 25.1 Å². The van der Waals surface area contributed by atoms with Gasteiger partial charge in [0.2, 0.25) is 5.91 Å². The highest BCUT2D eigenvalue weighted by molar-refractivity contribution is 5.92. The monoisotopic (exact) mass is 279 g/mol. The largest absolute Gasteiger partial charge is 0.490 e. The number of benzene rings is 1. The van der Waals surface area contributed by atoms with Crippen LogP contribution >= 0.6 is 0 Å². The molecule has 1 heterocycles. The molecular formula is C15H21NO4. The van der Waals surface area contributed by atoms with Gasteiger partial charge in [0, 0.05) is 18.2 Å². The Morgan fingerprint density at radius 2 is 1.95 bits per heavy atom. The molecule has 0 aromatic heterocycles. The molecule has 0 atom stereocenters. The van der Waals surface area contributed by atoms with Crippen molar-refractivity contribution < 1.29 is 19.0 Å². The molecule has 1 aliphatic heterocycles. The second kappa shape index (κ2) is 6.13. The first-order chi connectivity index (χ1) is 9.44. The fourth-order valence-electron chi connectivity index (χ4n) is 1.72. The minimum absolute atomic E-state index is 0.0257. The maximum absolute atomic E-state index is 11.8. The predicted octanol–water partition coefficient (Wildman–Crippen LogP) is 2.60. The number of hydrogen-bond acceptors (Lipinski definition) is 4. The SMILES string of the molecule is CC(C)(C)OCC(=O)Nc1ccc2c(c1)OCCCO2. The van der Waals surface area contributed by atoms with Crippen molar-refractivity contribution in [3.8, 4) is 11.5 Å². The molecule has 5 heteroatoms. The third-order valence-electron chi connectivity index (χ3n) is 2.67. The number of hydrogen-bond donors (Lipinski definition) is 1. The molecule has 0 radical (unpaired) electrons.